The van der Waals surface area contributed by atoms with E-state index < -0.39 is 0 Å². The van der Waals surface area contributed by atoms with Gasteiger partial charge >= 0.3 is 0 Å². The number of aryl methyl sites for hydroxylation is 1. The number of nitrogens with zero attached hydrogens (tertiary/aromatic N) is 1. The molecule has 2 rings (SSSR count). The van der Waals surface area contributed by atoms with Gasteiger partial charge in [-0.15, -0.1) is 0 Å². The lowest BCUT2D eigenvalue weighted by molar-refractivity contribution is -0.129. The van der Waals surface area contributed by atoms with Crippen molar-refractivity contribution in [3.05, 3.63) is 70.2 Å². The second-order valence-electron chi connectivity index (χ2n) is 5.63. The first kappa shape index (κ1) is 18.0. The molecule has 0 aliphatic rings. The Kier molecular flexibility index (Phi) is 6.38. The Labute approximate surface area is 147 Å². The number of amides is 2. The van der Waals surface area contributed by atoms with E-state index in [9.17, 15) is 9.59 Å². The number of hydrogen-bond donors (Lipinski definition) is 1. The highest BCUT2D eigenvalue weighted by molar-refractivity contribution is 6.30. The molecule has 24 heavy (non-hydrogen) atoms. The summed E-state index contributed by atoms with van der Waals surface area (Å²) in [7, 11) is 0. The molecule has 0 atom stereocenters. The lowest BCUT2D eigenvalue weighted by atomic mass is 10.1. The molecule has 0 saturated carbocycles. The highest BCUT2D eigenvalue weighted by Gasteiger charge is 2.12. The standard InChI is InChI=1S/C19H21ClN2O2/c1-14-6-3-4-7-17(14)13-22(15(2)23)11-10-21-19(24)16-8-5-9-18(20)12-16/h3-9,12H,10-11,13H2,1-2H3,(H,21,24). The lowest BCUT2D eigenvalue weighted by Crippen LogP contribution is -2.37. The minimum absolute atomic E-state index is 0.0183. The zero-order valence-corrected chi connectivity index (χ0v) is 14.6. The molecule has 0 spiro atoms. The Morgan fingerprint density at radius 3 is 2.54 bits per heavy atom. The first-order chi connectivity index (χ1) is 11.5. The van der Waals surface area contributed by atoms with Crippen LogP contribution in [0.25, 0.3) is 0 Å². The number of carbonyl (C=O) groups is 2. The summed E-state index contributed by atoms with van der Waals surface area (Å²) >= 11 is 5.89. The van der Waals surface area contributed by atoms with E-state index in [4.69, 9.17) is 11.6 Å². The van der Waals surface area contributed by atoms with E-state index in [-0.39, 0.29) is 11.8 Å². The van der Waals surface area contributed by atoms with Crippen molar-refractivity contribution in [2.45, 2.75) is 20.4 Å². The zero-order chi connectivity index (χ0) is 17.5. The summed E-state index contributed by atoms with van der Waals surface area (Å²) < 4.78 is 0. The van der Waals surface area contributed by atoms with Crippen LogP contribution in [0.3, 0.4) is 0 Å². The fraction of sp³-hybridized carbons (Fsp3) is 0.263. The number of hydrogen-bond acceptors (Lipinski definition) is 2. The first-order valence-corrected chi connectivity index (χ1v) is 8.19. The van der Waals surface area contributed by atoms with Crippen molar-refractivity contribution in [2.75, 3.05) is 13.1 Å². The minimum atomic E-state index is -0.197. The Morgan fingerprint density at radius 2 is 1.88 bits per heavy atom. The average molecular weight is 345 g/mol. The van der Waals surface area contributed by atoms with E-state index in [1.54, 1.807) is 29.2 Å². The number of carbonyl (C=O) groups excluding carboxylic acids is 2. The summed E-state index contributed by atoms with van der Waals surface area (Å²) in [5.41, 5.74) is 2.76. The maximum atomic E-state index is 12.1. The van der Waals surface area contributed by atoms with Gasteiger partial charge in [0.15, 0.2) is 0 Å². The number of rotatable bonds is 6. The lowest BCUT2D eigenvalue weighted by Gasteiger charge is -2.22. The molecule has 1 N–H and O–H groups in total. The summed E-state index contributed by atoms with van der Waals surface area (Å²) in [5, 5.41) is 3.34. The van der Waals surface area contributed by atoms with Gasteiger partial charge in [-0.2, -0.15) is 0 Å². The molecule has 2 aromatic carbocycles. The molecule has 0 saturated heterocycles. The van der Waals surface area contributed by atoms with Crippen LogP contribution in [0.1, 0.15) is 28.4 Å². The molecule has 0 bridgehead atoms. The Bertz CT molecular complexity index is 731. The maximum Gasteiger partial charge on any atom is 0.251 e. The van der Waals surface area contributed by atoms with Gasteiger partial charge in [0.2, 0.25) is 5.91 Å². The fourth-order valence-corrected chi connectivity index (χ4v) is 2.57. The maximum absolute atomic E-state index is 12.1. The Morgan fingerprint density at radius 1 is 1.12 bits per heavy atom. The van der Waals surface area contributed by atoms with Crippen LogP contribution < -0.4 is 5.32 Å². The van der Waals surface area contributed by atoms with Crippen LogP contribution in [0.5, 0.6) is 0 Å². The molecule has 0 radical (unpaired) electrons. The van der Waals surface area contributed by atoms with Gasteiger partial charge < -0.3 is 10.2 Å². The fourth-order valence-electron chi connectivity index (χ4n) is 2.38. The van der Waals surface area contributed by atoms with Gasteiger partial charge in [-0.1, -0.05) is 41.9 Å². The van der Waals surface area contributed by atoms with E-state index in [0.717, 1.165) is 11.1 Å². The van der Waals surface area contributed by atoms with Crippen molar-refractivity contribution in [2.24, 2.45) is 0 Å². The van der Waals surface area contributed by atoms with Gasteiger partial charge in [0.05, 0.1) is 0 Å². The second kappa shape index (κ2) is 8.50. The largest absolute Gasteiger partial charge is 0.350 e. The Balaban J connectivity index is 1.91. The molecule has 2 aromatic rings. The first-order valence-electron chi connectivity index (χ1n) is 7.81. The van der Waals surface area contributed by atoms with Crippen molar-refractivity contribution in [1.29, 1.82) is 0 Å². The zero-order valence-electron chi connectivity index (χ0n) is 13.9. The second-order valence-corrected chi connectivity index (χ2v) is 6.07. The molecule has 2 amide bonds. The van der Waals surface area contributed by atoms with E-state index in [0.29, 0.717) is 30.2 Å². The molecule has 0 unspecified atom stereocenters. The molecule has 0 aliphatic heterocycles. The third kappa shape index (κ3) is 5.10. The van der Waals surface area contributed by atoms with Gasteiger partial charge in [0.25, 0.3) is 5.91 Å². The van der Waals surface area contributed by atoms with Gasteiger partial charge in [-0.25, -0.2) is 0 Å². The van der Waals surface area contributed by atoms with Crippen LogP contribution in [0.2, 0.25) is 5.02 Å². The number of benzene rings is 2. The van der Waals surface area contributed by atoms with Crippen LogP contribution in [-0.2, 0) is 11.3 Å². The van der Waals surface area contributed by atoms with E-state index in [1.165, 1.54) is 6.92 Å². The number of halogens is 1. The topological polar surface area (TPSA) is 49.4 Å². The van der Waals surface area contributed by atoms with E-state index >= 15 is 0 Å². The molecule has 0 aliphatic carbocycles. The molecule has 126 valence electrons. The van der Waals surface area contributed by atoms with Gasteiger partial charge in [0, 0.05) is 37.1 Å². The average Bonchev–Trinajstić information content (AvgIpc) is 2.55. The predicted molar refractivity (Wildman–Crippen MR) is 96.1 cm³/mol. The molecule has 4 nitrogen and oxygen atoms in total. The summed E-state index contributed by atoms with van der Waals surface area (Å²) in [5.74, 6) is -0.216. The van der Waals surface area contributed by atoms with Gasteiger partial charge in [-0.05, 0) is 36.2 Å². The molecule has 0 fully saturated rings. The van der Waals surface area contributed by atoms with Crippen molar-refractivity contribution in [3.8, 4) is 0 Å². The molecule has 0 aromatic heterocycles. The summed E-state index contributed by atoms with van der Waals surface area (Å²) in [4.78, 5) is 25.7. The van der Waals surface area contributed by atoms with Crippen LogP contribution in [0.15, 0.2) is 48.5 Å². The smallest absolute Gasteiger partial charge is 0.251 e. The Hall–Kier alpha value is -2.33. The summed E-state index contributed by atoms with van der Waals surface area (Å²) in [6, 6.07) is 14.7. The minimum Gasteiger partial charge on any atom is -0.350 e. The molecular formula is C19H21ClN2O2. The van der Waals surface area contributed by atoms with Crippen LogP contribution in [0, 0.1) is 6.92 Å². The van der Waals surface area contributed by atoms with Crippen LogP contribution >= 0.6 is 11.6 Å². The van der Waals surface area contributed by atoms with Crippen molar-refractivity contribution >= 4 is 23.4 Å². The van der Waals surface area contributed by atoms with Crippen molar-refractivity contribution in [3.63, 3.8) is 0 Å². The monoisotopic (exact) mass is 344 g/mol. The van der Waals surface area contributed by atoms with Crippen molar-refractivity contribution in [1.82, 2.24) is 10.2 Å². The van der Waals surface area contributed by atoms with Gasteiger partial charge in [-0.3, -0.25) is 9.59 Å². The predicted octanol–water partition coefficient (Wildman–Crippen LogP) is 3.43. The quantitative estimate of drug-likeness (QED) is 0.872. The third-order valence-electron chi connectivity index (χ3n) is 3.82. The van der Waals surface area contributed by atoms with Crippen LogP contribution in [-0.4, -0.2) is 29.8 Å². The van der Waals surface area contributed by atoms with Gasteiger partial charge in [0.1, 0.15) is 0 Å². The molecule has 0 heterocycles. The molecule has 5 heteroatoms. The van der Waals surface area contributed by atoms with E-state index in [1.807, 2.05) is 31.2 Å². The number of nitrogens with one attached hydrogen (secondary N) is 1. The van der Waals surface area contributed by atoms with Crippen molar-refractivity contribution < 1.29 is 9.59 Å². The highest BCUT2D eigenvalue weighted by atomic mass is 35.5. The molecular weight excluding hydrogens is 324 g/mol. The van der Waals surface area contributed by atoms with Crippen LogP contribution in [0.4, 0.5) is 0 Å². The highest BCUT2D eigenvalue weighted by Crippen LogP contribution is 2.11. The van der Waals surface area contributed by atoms with E-state index in [2.05, 4.69) is 5.32 Å². The summed E-state index contributed by atoms with van der Waals surface area (Å²) in [6.45, 7) is 4.94. The third-order valence-corrected chi connectivity index (χ3v) is 4.06. The normalized spacial score (nSPS) is 10.3. The summed E-state index contributed by atoms with van der Waals surface area (Å²) in [6.07, 6.45) is 0. The SMILES string of the molecule is CC(=O)N(CCNC(=O)c1cccc(Cl)c1)Cc1ccccc1C.